The zero-order valence-corrected chi connectivity index (χ0v) is 10.9. The van der Waals surface area contributed by atoms with Crippen molar-refractivity contribution < 1.29 is 9.47 Å². The van der Waals surface area contributed by atoms with Crippen molar-refractivity contribution in [2.45, 2.75) is 6.10 Å². The monoisotopic (exact) mass is 306 g/mol. The third kappa shape index (κ3) is 3.31. The molecule has 1 N–H and O–H groups in total. The zero-order chi connectivity index (χ0) is 11.4. The molecule has 1 fully saturated rings. The minimum Gasteiger partial charge on any atom is -0.474 e. The summed E-state index contributed by atoms with van der Waals surface area (Å²) in [5.41, 5.74) is 0. The zero-order valence-electron chi connectivity index (χ0n) is 8.58. The van der Waals surface area contributed by atoms with Crippen LogP contribution in [0.2, 0.25) is 5.02 Å². The van der Waals surface area contributed by atoms with Gasteiger partial charge in [0.15, 0.2) is 0 Å². The summed E-state index contributed by atoms with van der Waals surface area (Å²) in [4.78, 5) is 4.09. The second-order valence-corrected chi connectivity index (χ2v) is 4.77. The van der Waals surface area contributed by atoms with Crippen molar-refractivity contribution in [3.05, 3.63) is 21.8 Å². The van der Waals surface area contributed by atoms with Crippen molar-refractivity contribution in [3.63, 3.8) is 0 Å². The van der Waals surface area contributed by atoms with E-state index in [2.05, 4.69) is 26.2 Å². The molecule has 0 bridgehead atoms. The fourth-order valence-electron chi connectivity index (χ4n) is 1.41. The first-order valence-corrected chi connectivity index (χ1v) is 6.19. The van der Waals surface area contributed by atoms with Gasteiger partial charge < -0.3 is 14.8 Å². The number of ether oxygens (including phenoxy) is 2. The lowest BCUT2D eigenvalue weighted by atomic mass is 10.3. The van der Waals surface area contributed by atoms with E-state index in [1.807, 2.05) is 0 Å². The van der Waals surface area contributed by atoms with Crippen molar-refractivity contribution in [2.75, 3.05) is 26.3 Å². The molecule has 0 spiro atoms. The van der Waals surface area contributed by atoms with Gasteiger partial charge in [0.2, 0.25) is 5.88 Å². The maximum Gasteiger partial charge on any atom is 0.232 e. The third-order valence-corrected chi connectivity index (χ3v) is 2.89. The van der Waals surface area contributed by atoms with Crippen LogP contribution in [0.25, 0.3) is 0 Å². The fourth-order valence-corrected chi connectivity index (χ4v) is 2.09. The number of nitrogens with one attached hydrogen (secondary N) is 1. The van der Waals surface area contributed by atoms with Crippen LogP contribution in [0.1, 0.15) is 0 Å². The number of pyridine rings is 1. The lowest BCUT2D eigenvalue weighted by Crippen LogP contribution is -2.41. The van der Waals surface area contributed by atoms with Gasteiger partial charge in [-0.25, -0.2) is 4.98 Å². The second-order valence-electron chi connectivity index (χ2n) is 3.45. The van der Waals surface area contributed by atoms with Crippen LogP contribution < -0.4 is 10.1 Å². The Hall–Kier alpha value is -0.360. The van der Waals surface area contributed by atoms with Gasteiger partial charge in [0.1, 0.15) is 17.7 Å². The highest BCUT2D eigenvalue weighted by molar-refractivity contribution is 9.10. The number of morpholine rings is 1. The van der Waals surface area contributed by atoms with Gasteiger partial charge in [-0.05, 0) is 22.0 Å². The van der Waals surface area contributed by atoms with E-state index in [9.17, 15) is 0 Å². The Morgan fingerprint density at radius 1 is 1.69 bits per heavy atom. The first-order chi connectivity index (χ1) is 7.75. The van der Waals surface area contributed by atoms with Crippen LogP contribution in [0.3, 0.4) is 0 Å². The molecule has 2 heterocycles. The van der Waals surface area contributed by atoms with Crippen LogP contribution in [0.4, 0.5) is 0 Å². The van der Waals surface area contributed by atoms with E-state index in [0.29, 0.717) is 17.5 Å². The molecular weight excluding hydrogens is 295 g/mol. The van der Waals surface area contributed by atoms with E-state index in [0.717, 1.165) is 24.2 Å². The second kappa shape index (κ2) is 5.82. The standard InChI is InChI=1S/C10H12BrClN2O2/c11-7-3-9(12)10(14-4-7)16-6-8-5-13-1-2-15-8/h3-4,8,13H,1-2,5-6H2. The van der Waals surface area contributed by atoms with Crippen LogP contribution in [-0.2, 0) is 4.74 Å². The Morgan fingerprint density at radius 3 is 3.25 bits per heavy atom. The summed E-state index contributed by atoms with van der Waals surface area (Å²) < 4.78 is 11.8. The molecular formula is C10H12BrClN2O2. The molecule has 0 aromatic carbocycles. The van der Waals surface area contributed by atoms with E-state index < -0.39 is 0 Å². The number of halogens is 2. The number of hydrogen-bond donors (Lipinski definition) is 1. The van der Waals surface area contributed by atoms with Gasteiger partial charge in [-0.3, -0.25) is 0 Å². The van der Waals surface area contributed by atoms with Crippen molar-refractivity contribution in [2.24, 2.45) is 0 Å². The molecule has 0 saturated carbocycles. The highest BCUT2D eigenvalue weighted by Crippen LogP contribution is 2.24. The molecule has 1 atom stereocenters. The molecule has 0 radical (unpaired) electrons. The molecule has 6 heteroatoms. The summed E-state index contributed by atoms with van der Waals surface area (Å²) in [7, 11) is 0. The summed E-state index contributed by atoms with van der Waals surface area (Å²) in [6, 6.07) is 1.75. The Morgan fingerprint density at radius 2 is 2.56 bits per heavy atom. The van der Waals surface area contributed by atoms with Crippen LogP contribution in [0.15, 0.2) is 16.7 Å². The molecule has 16 heavy (non-hydrogen) atoms. The maximum atomic E-state index is 5.97. The molecule has 88 valence electrons. The predicted octanol–water partition coefficient (Wildman–Crippen LogP) is 1.86. The minimum atomic E-state index is 0.0651. The van der Waals surface area contributed by atoms with E-state index in [1.165, 1.54) is 0 Å². The fraction of sp³-hybridized carbons (Fsp3) is 0.500. The van der Waals surface area contributed by atoms with E-state index in [1.54, 1.807) is 12.3 Å². The molecule has 1 unspecified atom stereocenters. The normalized spacial score (nSPS) is 20.8. The summed E-state index contributed by atoms with van der Waals surface area (Å²) in [5, 5.41) is 3.73. The highest BCUT2D eigenvalue weighted by atomic mass is 79.9. The lowest BCUT2D eigenvalue weighted by Gasteiger charge is -2.23. The van der Waals surface area contributed by atoms with Crippen LogP contribution in [0.5, 0.6) is 5.88 Å². The largest absolute Gasteiger partial charge is 0.474 e. The number of hydrogen-bond acceptors (Lipinski definition) is 4. The number of nitrogens with zero attached hydrogens (tertiary/aromatic N) is 1. The topological polar surface area (TPSA) is 43.4 Å². The summed E-state index contributed by atoms with van der Waals surface area (Å²) >= 11 is 9.26. The number of aromatic nitrogens is 1. The van der Waals surface area contributed by atoms with Crippen LogP contribution >= 0.6 is 27.5 Å². The van der Waals surface area contributed by atoms with Gasteiger partial charge in [0.05, 0.1) is 6.61 Å². The van der Waals surface area contributed by atoms with Crippen molar-refractivity contribution in [1.29, 1.82) is 0 Å². The van der Waals surface area contributed by atoms with Crippen molar-refractivity contribution in [3.8, 4) is 5.88 Å². The molecule has 1 aliphatic rings. The van der Waals surface area contributed by atoms with Gasteiger partial charge in [-0.1, -0.05) is 11.6 Å². The van der Waals surface area contributed by atoms with Crippen LogP contribution in [0, 0.1) is 0 Å². The van der Waals surface area contributed by atoms with Crippen molar-refractivity contribution in [1.82, 2.24) is 10.3 Å². The van der Waals surface area contributed by atoms with Gasteiger partial charge in [0.25, 0.3) is 0 Å². The summed E-state index contributed by atoms with van der Waals surface area (Å²) in [6.45, 7) is 2.87. The van der Waals surface area contributed by atoms with Gasteiger partial charge >= 0.3 is 0 Å². The average Bonchev–Trinajstić information content (AvgIpc) is 2.29. The van der Waals surface area contributed by atoms with E-state index >= 15 is 0 Å². The molecule has 0 amide bonds. The third-order valence-electron chi connectivity index (χ3n) is 2.18. The molecule has 1 aromatic heterocycles. The molecule has 1 aromatic rings. The molecule has 2 rings (SSSR count). The quantitative estimate of drug-likeness (QED) is 0.926. The Bertz CT molecular complexity index is 359. The Labute approximate surface area is 107 Å². The highest BCUT2D eigenvalue weighted by Gasteiger charge is 2.15. The average molecular weight is 308 g/mol. The van der Waals surface area contributed by atoms with E-state index in [4.69, 9.17) is 21.1 Å². The lowest BCUT2D eigenvalue weighted by molar-refractivity contribution is -0.000719. The maximum absolute atomic E-state index is 5.97. The molecule has 1 saturated heterocycles. The SMILES string of the molecule is Clc1cc(Br)cnc1OCC1CNCCO1. The Kier molecular flexibility index (Phi) is 4.40. The van der Waals surface area contributed by atoms with Gasteiger partial charge in [-0.2, -0.15) is 0 Å². The Balaban J connectivity index is 1.88. The summed E-state index contributed by atoms with van der Waals surface area (Å²) in [6.07, 6.45) is 1.72. The molecule has 0 aliphatic carbocycles. The van der Waals surface area contributed by atoms with Crippen molar-refractivity contribution >= 4 is 27.5 Å². The minimum absolute atomic E-state index is 0.0651. The first-order valence-electron chi connectivity index (χ1n) is 5.02. The molecule has 1 aliphatic heterocycles. The van der Waals surface area contributed by atoms with Gasteiger partial charge in [-0.15, -0.1) is 0 Å². The first kappa shape index (κ1) is 12.1. The van der Waals surface area contributed by atoms with E-state index in [-0.39, 0.29) is 6.10 Å². The van der Waals surface area contributed by atoms with Gasteiger partial charge in [0, 0.05) is 23.8 Å². The summed E-state index contributed by atoms with van der Waals surface area (Å²) in [5.74, 6) is 0.444. The molecule has 4 nitrogen and oxygen atoms in total. The van der Waals surface area contributed by atoms with Crippen LogP contribution in [-0.4, -0.2) is 37.4 Å². The predicted molar refractivity (Wildman–Crippen MR) is 65.1 cm³/mol. The number of rotatable bonds is 3. The smallest absolute Gasteiger partial charge is 0.232 e.